The molecule has 0 aliphatic rings. The Hall–Kier alpha value is -4.33. The van der Waals surface area contributed by atoms with Gasteiger partial charge >= 0.3 is 12.2 Å². The minimum atomic E-state index is -1.34. The summed E-state index contributed by atoms with van der Waals surface area (Å²) < 4.78 is 7.14. The number of ether oxygens (including phenoxy) is 1. The number of carbonyl (C=O) groups is 2. The summed E-state index contributed by atoms with van der Waals surface area (Å²) in [6.45, 7) is 2.78. The van der Waals surface area contributed by atoms with Gasteiger partial charge in [0.05, 0.1) is 11.0 Å². The van der Waals surface area contributed by atoms with E-state index in [1.54, 1.807) is 26.2 Å². The standard InChI is InChI=1S/C28H30N4O4/c1-4-5-10-26-30-23-16-15-21(29-27(33)31(2)3)17-24(23)32(26)18-19-11-13-20(14-12-19)22-8-6-7-9-25(22)36-28(34)35/h6-9,11-17H,4-5,10,18H2,1-3H3,(H,29,33)(H,34,35). The second kappa shape index (κ2) is 10.9. The summed E-state index contributed by atoms with van der Waals surface area (Å²) in [4.78, 5) is 29.6. The molecule has 8 nitrogen and oxygen atoms in total. The number of carboxylic acid groups (broad SMARTS) is 1. The lowest BCUT2D eigenvalue weighted by atomic mass is 10.0. The quantitative estimate of drug-likeness (QED) is 0.227. The highest BCUT2D eigenvalue weighted by Crippen LogP contribution is 2.30. The lowest BCUT2D eigenvalue weighted by Gasteiger charge is -2.13. The number of fused-ring (bicyclic) bond motifs is 1. The van der Waals surface area contributed by atoms with Crippen LogP contribution in [-0.2, 0) is 13.0 Å². The molecule has 0 bridgehead atoms. The second-order valence-electron chi connectivity index (χ2n) is 8.81. The molecular weight excluding hydrogens is 456 g/mol. The molecule has 186 valence electrons. The van der Waals surface area contributed by atoms with Crippen LogP contribution >= 0.6 is 0 Å². The minimum Gasteiger partial charge on any atom is -0.449 e. The SMILES string of the molecule is CCCCc1nc2ccc(NC(=O)N(C)C)cc2n1Cc1ccc(-c2ccccc2OC(=O)O)cc1. The number of para-hydroxylation sites is 1. The molecule has 0 saturated heterocycles. The predicted octanol–water partition coefficient (Wildman–Crippen LogP) is 6.24. The molecule has 36 heavy (non-hydrogen) atoms. The largest absolute Gasteiger partial charge is 0.511 e. The molecule has 0 fully saturated rings. The molecule has 0 saturated carbocycles. The smallest absolute Gasteiger partial charge is 0.449 e. The van der Waals surface area contributed by atoms with Crippen molar-refractivity contribution in [3.05, 3.63) is 78.1 Å². The highest BCUT2D eigenvalue weighted by Gasteiger charge is 2.14. The Morgan fingerprint density at radius 3 is 2.50 bits per heavy atom. The molecule has 1 heterocycles. The van der Waals surface area contributed by atoms with E-state index >= 15 is 0 Å². The lowest BCUT2D eigenvalue weighted by Crippen LogP contribution is -2.27. The Labute approximate surface area is 210 Å². The van der Waals surface area contributed by atoms with Gasteiger partial charge in [0, 0.05) is 38.3 Å². The number of amides is 2. The van der Waals surface area contributed by atoms with Crippen LogP contribution in [-0.4, -0.2) is 45.8 Å². The number of rotatable bonds is 8. The maximum absolute atomic E-state index is 12.2. The molecule has 0 aliphatic carbocycles. The fraction of sp³-hybridized carbons (Fsp3) is 0.250. The van der Waals surface area contributed by atoms with Crippen molar-refractivity contribution >= 4 is 28.9 Å². The molecule has 0 spiro atoms. The molecule has 0 unspecified atom stereocenters. The van der Waals surface area contributed by atoms with Crippen LogP contribution in [0.4, 0.5) is 15.3 Å². The second-order valence-corrected chi connectivity index (χ2v) is 8.81. The van der Waals surface area contributed by atoms with Gasteiger partial charge in [-0.05, 0) is 41.8 Å². The number of urea groups is 1. The van der Waals surface area contributed by atoms with Crippen LogP contribution in [0.25, 0.3) is 22.2 Å². The van der Waals surface area contributed by atoms with Crippen molar-refractivity contribution in [1.82, 2.24) is 14.5 Å². The summed E-state index contributed by atoms with van der Waals surface area (Å²) in [6, 6.07) is 20.6. The zero-order chi connectivity index (χ0) is 25.7. The van der Waals surface area contributed by atoms with Crippen molar-refractivity contribution in [3.63, 3.8) is 0 Å². The van der Waals surface area contributed by atoms with Crippen LogP contribution < -0.4 is 10.1 Å². The van der Waals surface area contributed by atoms with Gasteiger partial charge in [0.15, 0.2) is 0 Å². The lowest BCUT2D eigenvalue weighted by molar-refractivity contribution is 0.144. The predicted molar refractivity (Wildman–Crippen MR) is 141 cm³/mol. The number of unbranched alkanes of at least 4 members (excludes halogenated alkanes) is 1. The summed E-state index contributed by atoms with van der Waals surface area (Å²) >= 11 is 0. The Bertz CT molecular complexity index is 1380. The molecule has 1 aromatic heterocycles. The number of aromatic nitrogens is 2. The molecule has 0 atom stereocenters. The summed E-state index contributed by atoms with van der Waals surface area (Å²) in [5.74, 6) is 1.31. The number of aryl methyl sites for hydroxylation is 1. The van der Waals surface area contributed by atoms with Gasteiger partial charge < -0.3 is 24.6 Å². The van der Waals surface area contributed by atoms with E-state index in [0.29, 0.717) is 17.9 Å². The molecule has 0 aliphatic heterocycles. The molecule has 4 aromatic rings. The van der Waals surface area contributed by atoms with E-state index in [1.165, 1.54) is 4.90 Å². The highest BCUT2D eigenvalue weighted by atomic mass is 16.7. The van der Waals surface area contributed by atoms with Gasteiger partial charge in [-0.15, -0.1) is 0 Å². The first-order valence-corrected chi connectivity index (χ1v) is 11.9. The van der Waals surface area contributed by atoms with Gasteiger partial charge in [-0.25, -0.2) is 14.6 Å². The van der Waals surface area contributed by atoms with Gasteiger partial charge in [0.1, 0.15) is 11.6 Å². The van der Waals surface area contributed by atoms with Gasteiger partial charge in [0.2, 0.25) is 0 Å². The van der Waals surface area contributed by atoms with Gasteiger partial charge in [-0.1, -0.05) is 55.8 Å². The first-order valence-electron chi connectivity index (χ1n) is 11.9. The molecule has 8 heteroatoms. The highest BCUT2D eigenvalue weighted by molar-refractivity contribution is 5.92. The van der Waals surface area contributed by atoms with E-state index in [9.17, 15) is 9.59 Å². The van der Waals surface area contributed by atoms with E-state index in [0.717, 1.165) is 52.9 Å². The first kappa shape index (κ1) is 24.8. The number of imidazole rings is 1. The summed E-state index contributed by atoms with van der Waals surface area (Å²) in [5.41, 5.74) is 5.22. The third-order valence-electron chi connectivity index (χ3n) is 5.93. The number of anilines is 1. The first-order chi connectivity index (χ1) is 17.4. The van der Waals surface area contributed by atoms with E-state index in [4.69, 9.17) is 14.8 Å². The van der Waals surface area contributed by atoms with Crippen LogP contribution in [0.2, 0.25) is 0 Å². The van der Waals surface area contributed by atoms with Crippen LogP contribution in [0.3, 0.4) is 0 Å². The Morgan fingerprint density at radius 2 is 1.81 bits per heavy atom. The molecule has 2 N–H and O–H groups in total. The van der Waals surface area contributed by atoms with Crippen LogP contribution in [0.1, 0.15) is 31.2 Å². The van der Waals surface area contributed by atoms with E-state index in [-0.39, 0.29) is 6.03 Å². The average molecular weight is 487 g/mol. The maximum Gasteiger partial charge on any atom is 0.511 e. The minimum absolute atomic E-state index is 0.186. The molecule has 2 amide bonds. The maximum atomic E-state index is 12.2. The van der Waals surface area contributed by atoms with Crippen molar-refractivity contribution in [2.75, 3.05) is 19.4 Å². The zero-order valence-corrected chi connectivity index (χ0v) is 20.7. The van der Waals surface area contributed by atoms with Crippen molar-refractivity contribution < 1.29 is 19.4 Å². The van der Waals surface area contributed by atoms with Crippen molar-refractivity contribution in [2.24, 2.45) is 0 Å². The Balaban J connectivity index is 1.66. The third-order valence-corrected chi connectivity index (χ3v) is 5.93. The summed E-state index contributed by atoms with van der Waals surface area (Å²) in [6.07, 6.45) is 1.63. The third kappa shape index (κ3) is 5.66. The number of nitrogens with zero attached hydrogens (tertiary/aromatic N) is 3. The van der Waals surface area contributed by atoms with Crippen molar-refractivity contribution in [3.8, 4) is 16.9 Å². The zero-order valence-electron chi connectivity index (χ0n) is 20.7. The van der Waals surface area contributed by atoms with Crippen LogP contribution in [0, 0.1) is 0 Å². The van der Waals surface area contributed by atoms with Crippen LogP contribution in [0.15, 0.2) is 66.7 Å². The molecule has 4 rings (SSSR count). The number of benzene rings is 3. The molecule has 0 radical (unpaired) electrons. The van der Waals surface area contributed by atoms with E-state index in [2.05, 4.69) is 16.8 Å². The average Bonchev–Trinajstić information content (AvgIpc) is 3.19. The van der Waals surface area contributed by atoms with E-state index in [1.807, 2.05) is 54.6 Å². The normalized spacial score (nSPS) is 10.9. The number of hydrogen-bond donors (Lipinski definition) is 2. The van der Waals surface area contributed by atoms with Gasteiger partial charge in [-0.3, -0.25) is 0 Å². The monoisotopic (exact) mass is 486 g/mol. The summed E-state index contributed by atoms with van der Waals surface area (Å²) in [5, 5.41) is 12.0. The number of nitrogens with one attached hydrogen (secondary N) is 1. The van der Waals surface area contributed by atoms with E-state index < -0.39 is 6.16 Å². The van der Waals surface area contributed by atoms with Gasteiger partial charge in [0.25, 0.3) is 0 Å². The molecular formula is C28H30N4O4. The Morgan fingerprint density at radius 1 is 1.06 bits per heavy atom. The van der Waals surface area contributed by atoms with Crippen molar-refractivity contribution in [2.45, 2.75) is 32.7 Å². The summed E-state index contributed by atoms with van der Waals surface area (Å²) in [7, 11) is 3.41. The molecule has 3 aromatic carbocycles. The fourth-order valence-corrected chi connectivity index (χ4v) is 4.05. The topological polar surface area (TPSA) is 96.7 Å². The number of carbonyl (C=O) groups excluding carboxylic acids is 1. The Kier molecular flexibility index (Phi) is 7.53. The van der Waals surface area contributed by atoms with Crippen LogP contribution in [0.5, 0.6) is 5.75 Å². The fourth-order valence-electron chi connectivity index (χ4n) is 4.05. The number of hydrogen-bond acceptors (Lipinski definition) is 4. The van der Waals surface area contributed by atoms with Gasteiger partial charge in [-0.2, -0.15) is 0 Å². The van der Waals surface area contributed by atoms with Crippen molar-refractivity contribution in [1.29, 1.82) is 0 Å².